The second-order valence-electron chi connectivity index (χ2n) is 3.53. The van der Waals surface area contributed by atoms with Gasteiger partial charge in [0.25, 0.3) is 5.91 Å². The zero-order valence-corrected chi connectivity index (χ0v) is 10.5. The summed E-state index contributed by atoms with van der Waals surface area (Å²) in [6.45, 7) is 1.95. The first-order chi connectivity index (χ1) is 8.20. The molecule has 2 N–H and O–H groups in total. The lowest BCUT2D eigenvalue weighted by Gasteiger charge is -2.07. The monoisotopic (exact) mass is 247 g/mol. The fraction of sp³-hybridized carbons (Fsp3) is 0.167. The molecule has 0 saturated heterocycles. The smallest absolute Gasteiger partial charge is 0.259 e. The Bertz CT molecular complexity index is 536. The molecule has 2 rings (SSSR count). The Kier molecular flexibility index (Phi) is 3.39. The molecule has 17 heavy (non-hydrogen) atoms. The maximum Gasteiger partial charge on any atom is 0.259 e. The first-order valence-corrected chi connectivity index (χ1v) is 6.03. The molecule has 0 radical (unpaired) electrons. The average Bonchev–Trinajstić information content (AvgIpc) is 2.74. The Labute approximate surface area is 104 Å². The summed E-state index contributed by atoms with van der Waals surface area (Å²) in [6.07, 6.45) is 1.74. The van der Waals surface area contributed by atoms with Crippen LogP contribution in [-0.2, 0) is 0 Å². The van der Waals surface area contributed by atoms with Crippen molar-refractivity contribution in [3.63, 3.8) is 0 Å². The van der Waals surface area contributed by atoms with Crippen LogP contribution in [0.5, 0.6) is 0 Å². The van der Waals surface area contributed by atoms with Gasteiger partial charge in [-0.3, -0.25) is 10.1 Å². The number of thiazole rings is 1. The molecule has 0 aliphatic rings. The topological polar surface area (TPSA) is 54.0 Å². The van der Waals surface area contributed by atoms with Crippen molar-refractivity contribution in [2.75, 3.05) is 17.7 Å². The van der Waals surface area contributed by atoms with E-state index in [2.05, 4.69) is 15.6 Å². The summed E-state index contributed by atoms with van der Waals surface area (Å²) in [5.74, 6) is -0.149. The molecule has 88 valence electrons. The van der Waals surface area contributed by atoms with Crippen molar-refractivity contribution in [3.05, 3.63) is 40.9 Å². The van der Waals surface area contributed by atoms with Gasteiger partial charge in [-0.2, -0.15) is 0 Å². The van der Waals surface area contributed by atoms with E-state index in [1.165, 1.54) is 11.3 Å². The Hall–Kier alpha value is -1.88. The van der Waals surface area contributed by atoms with Crippen LogP contribution in [0.3, 0.4) is 0 Å². The zero-order valence-electron chi connectivity index (χ0n) is 9.65. The van der Waals surface area contributed by atoms with Gasteiger partial charge in [-0.05, 0) is 19.1 Å². The number of nitrogens with zero attached hydrogens (tertiary/aromatic N) is 1. The van der Waals surface area contributed by atoms with E-state index in [1.54, 1.807) is 19.3 Å². The number of carbonyl (C=O) groups excluding carboxylic acids is 1. The van der Waals surface area contributed by atoms with E-state index in [4.69, 9.17) is 0 Å². The number of para-hydroxylation sites is 1. The Balaban J connectivity index is 2.20. The molecule has 2 aromatic rings. The van der Waals surface area contributed by atoms with Crippen LogP contribution in [0.1, 0.15) is 15.2 Å². The Morgan fingerprint density at radius 3 is 2.76 bits per heavy atom. The van der Waals surface area contributed by atoms with Crippen molar-refractivity contribution in [1.82, 2.24) is 4.98 Å². The van der Waals surface area contributed by atoms with E-state index < -0.39 is 0 Å². The van der Waals surface area contributed by atoms with Gasteiger partial charge in [0.1, 0.15) is 0 Å². The van der Waals surface area contributed by atoms with E-state index in [0.717, 1.165) is 10.6 Å². The minimum Gasteiger partial charge on any atom is -0.387 e. The summed E-state index contributed by atoms with van der Waals surface area (Å²) < 4.78 is 0. The number of nitrogens with one attached hydrogen (secondary N) is 2. The molecule has 0 spiro atoms. The quantitative estimate of drug-likeness (QED) is 0.876. The van der Waals surface area contributed by atoms with Crippen LogP contribution in [0.2, 0.25) is 0 Å². The first kappa shape index (κ1) is 11.6. The molecule has 5 heteroatoms. The Morgan fingerprint density at radius 2 is 2.12 bits per heavy atom. The van der Waals surface area contributed by atoms with Gasteiger partial charge >= 0.3 is 0 Å². The first-order valence-electron chi connectivity index (χ1n) is 5.21. The van der Waals surface area contributed by atoms with E-state index in [1.807, 2.05) is 25.1 Å². The zero-order chi connectivity index (χ0) is 12.3. The van der Waals surface area contributed by atoms with Gasteiger partial charge in [-0.1, -0.05) is 12.1 Å². The van der Waals surface area contributed by atoms with Crippen LogP contribution >= 0.6 is 11.3 Å². The number of benzene rings is 1. The number of aromatic nitrogens is 1. The highest BCUT2D eigenvalue weighted by molar-refractivity contribution is 7.15. The van der Waals surface area contributed by atoms with Gasteiger partial charge in [0, 0.05) is 23.8 Å². The van der Waals surface area contributed by atoms with Crippen molar-refractivity contribution < 1.29 is 4.79 Å². The fourth-order valence-electron chi connectivity index (χ4n) is 1.48. The van der Waals surface area contributed by atoms with Crippen molar-refractivity contribution in [2.24, 2.45) is 0 Å². The molecule has 0 unspecified atom stereocenters. The van der Waals surface area contributed by atoms with Crippen LogP contribution in [0, 0.1) is 6.92 Å². The molecule has 0 atom stereocenters. The molecular formula is C12H13N3OS. The van der Waals surface area contributed by atoms with Gasteiger partial charge in [-0.15, -0.1) is 11.3 Å². The summed E-state index contributed by atoms with van der Waals surface area (Å²) in [4.78, 5) is 17.2. The SMILES string of the molecule is CNc1ccccc1C(=O)Nc1ncc(C)s1. The summed E-state index contributed by atoms with van der Waals surface area (Å²) in [6, 6.07) is 7.36. The Morgan fingerprint density at radius 1 is 1.35 bits per heavy atom. The van der Waals surface area contributed by atoms with Gasteiger partial charge in [0.2, 0.25) is 0 Å². The summed E-state index contributed by atoms with van der Waals surface area (Å²) in [5, 5.41) is 6.40. The predicted octanol–water partition coefficient (Wildman–Crippen LogP) is 2.75. The number of aryl methyl sites for hydroxylation is 1. The van der Waals surface area contributed by atoms with Crippen molar-refractivity contribution in [1.29, 1.82) is 0 Å². The highest BCUT2D eigenvalue weighted by Gasteiger charge is 2.11. The minimum absolute atomic E-state index is 0.149. The molecular weight excluding hydrogens is 234 g/mol. The largest absolute Gasteiger partial charge is 0.387 e. The maximum atomic E-state index is 12.0. The highest BCUT2D eigenvalue weighted by atomic mass is 32.1. The number of amides is 1. The molecule has 0 fully saturated rings. The summed E-state index contributed by atoms with van der Waals surface area (Å²) in [7, 11) is 1.79. The number of rotatable bonds is 3. The maximum absolute atomic E-state index is 12.0. The van der Waals surface area contributed by atoms with Crippen LogP contribution < -0.4 is 10.6 Å². The molecule has 0 aliphatic heterocycles. The molecule has 0 saturated carbocycles. The van der Waals surface area contributed by atoms with Crippen LogP contribution in [0.25, 0.3) is 0 Å². The predicted molar refractivity (Wildman–Crippen MR) is 70.8 cm³/mol. The number of carbonyl (C=O) groups is 1. The van der Waals surface area contributed by atoms with Crippen LogP contribution in [-0.4, -0.2) is 17.9 Å². The minimum atomic E-state index is -0.149. The van der Waals surface area contributed by atoms with Gasteiger partial charge < -0.3 is 5.32 Å². The lowest BCUT2D eigenvalue weighted by atomic mass is 10.1. The van der Waals surface area contributed by atoms with E-state index in [-0.39, 0.29) is 5.91 Å². The highest BCUT2D eigenvalue weighted by Crippen LogP contribution is 2.20. The van der Waals surface area contributed by atoms with Crippen molar-refractivity contribution in [3.8, 4) is 0 Å². The average molecular weight is 247 g/mol. The second kappa shape index (κ2) is 4.97. The molecule has 1 amide bonds. The molecule has 1 aromatic carbocycles. The lowest BCUT2D eigenvalue weighted by molar-refractivity contribution is 0.102. The fourth-order valence-corrected chi connectivity index (χ4v) is 2.14. The molecule has 0 bridgehead atoms. The number of hydrogen-bond acceptors (Lipinski definition) is 4. The van der Waals surface area contributed by atoms with Gasteiger partial charge in [0.05, 0.1) is 5.56 Å². The van der Waals surface area contributed by atoms with Crippen LogP contribution in [0.4, 0.5) is 10.8 Å². The van der Waals surface area contributed by atoms with Crippen molar-refractivity contribution in [2.45, 2.75) is 6.92 Å². The third-order valence-electron chi connectivity index (χ3n) is 2.28. The third-order valence-corrected chi connectivity index (χ3v) is 3.11. The van der Waals surface area contributed by atoms with Gasteiger partial charge in [-0.25, -0.2) is 4.98 Å². The van der Waals surface area contributed by atoms with Gasteiger partial charge in [0.15, 0.2) is 5.13 Å². The van der Waals surface area contributed by atoms with Crippen LogP contribution in [0.15, 0.2) is 30.5 Å². The third kappa shape index (κ3) is 2.62. The molecule has 1 heterocycles. The normalized spacial score (nSPS) is 10.0. The molecule has 0 aliphatic carbocycles. The summed E-state index contributed by atoms with van der Waals surface area (Å²) >= 11 is 1.46. The molecule has 1 aromatic heterocycles. The number of anilines is 2. The van der Waals surface area contributed by atoms with Crippen molar-refractivity contribution >= 4 is 28.1 Å². The van der Waals surface area contributed by atoms with E-state index in [0.29, 0.717) is 10.7 Å². The second-order valence-corrected chi connectivity index (χ2v) is 4.76. The standard InChI is InChI=1S/C12H13N3OS/c1-8-7-14-12(17-8)15-11(16)9-5-3-4-6-10(9)13-2/h3-7,13H,1-2H3,(H,14,15,16). The lowest BCUT2D eigenvalue weighted by Crippen LogP contribution is -2.13. The summed E-state index contributed by atoms with van der Waals surface area (Å²) in [5.41, 5.74) is 1.42. The number of hydrogen-bond donors (Lipinski definition) is 2. The van der Waals surface area contributed by atoms with E-state index in [9.17, 15) is 4.79 Å². The van der Waals surface area contributed by atoms with E-state index >= 15 is 0 Å². The molecule has 4 nitrogen and oxygen atoms in total.